The van der Waals surface area contributed by atoms with Crippen LogP contribution in [0.5, 0.6) is 0 Å². The van der Waals surface area contributed by atoms with Gasteiger partial charge in [-0.2, -0.15) is 4.31 Å². The first-order valence-corrected chi connectivity index (χ1v) is 9.19. The summed E-state index contributed by atoms with van der Waals surface area (Å²) in [6.07, 6.45) is 3.81. The largest absolute Gasteiger partial charge is 0.248 e. The van der Waals surface area contributed by atoms with Gasteiger partial charge in [-0.25, -0.2) is 22.2 Å². The number of hydrogen-bond donors (Lipinski definition) is 0. The predicted octanol–water partition coefficient (Wildman–Crippen LogP) is 3.34. The quantitative estimate of drug-likeness (QED) is 0.858. The van der Waals surface area contributed by atoms with E-state index in [1.54, 1.807) is 11.6 Å². The summed E-state index contributed by atoms with van der Waals surface area (Å²) >= 11 is 1.37. The van der Waals surface area contributed by atoms with Crippen LogP contribution in [-0.2, 0) is 10.0 Å². The first-order chi connectivity index (χ1) is 10.5. The van der Waals surface area contributed by atoms with Crippen molar-refractivity contribution in [2.24, 2.45) is 0 Å². The molecule has 0 N–H and O–H groups in total. The van der Waals surface area contributed by atoms with Gasteiger partial charge in [0.25, 0.3) is 0 Å². The number of aromatic nitrogens is 1. The van der Waals surface area contributed by atoms with Crippen molar-refractivity contribution in [1.29, 1.82) is 0 Å². The van der Waals surface area contributed by atoms with Crippen LogP contribution in [0.2, 0.25) is 0 Å². The SMILES string of the molecule is O=S(=O)(c1cccc(F)c1F)N1CCCC[C@@H]1c1nccs1. The Bertz CT molecular complexity index is 763. The lowest BCUT2D eigenvalue weighted by Crippen LogP contribution is -2.38. The Labute approximate surface area is 131 Å². The van der Waals surface area contributed by atoms with Crippen LogP contribution in [0.3, 0.4) is 0 Å². The van der Waals surface area contributed by atoms with E-state index in [0.29, 0.717) is 17.8 Å². The third kappa shape index (κ3) is 2.66. The standard InChI is InChI=1S/C14H14F2N2O2S2/c15-10-4-3-6-12(13(10)16)22(19,20)18-8-2-1-5-11(18)14-17-7-9-21-14/h3-4,6-7,9,11H,1-2,5,8H2/t11-/m1/s1. The van der Waals surface area contributed by atoms with Gasteiger partial charge < -0.3 is 0 Å². The molecule has 3 rings (SSSR count). The lowest BCUT2D eigenvalue weighted by molar-refractivity contribution is 0.254. The molecular formula is C14H14F2N2O2S2. The topological polar surface area (TPSA) is 50.3 Å². The van der Waals surface area contributed by atoms with Gasteiger partial charge in [0, 0.05) is 18.1 Å². The fourth-order valence-electron chi connectivity index (χ4n) is 2.65. The molecule has 118 valence electrons. The van der Waals surface area contributed by atoms with Gasteiger partial charge in [-0.05, 0) is 25.0 Å². The maximum Gasteiger partial charge on any atom is 0.246 e. The van der Waals surface area contributed by atoms with E-state index in [4.69, 9.17) is 0 Å². The molecule has 0 amide bonds. The third-order valence-electron chi connectivity index (χ3n) is 3.69. The first-order valence-electron chi connectivity index (χ1n) is 6.87. The molecule has 8 heteroatoms. The average molecular weight is 344 g/mol. The van der Waals surface area contributed by atoms with E-state index in [1.807, 2.05) is 0 Å². The number of sulfonamides is 1. The molecule has 0 aliphatic carbocycles. The summed E-state index contributed by atoms with van der Waals surface area (Å²) in [6.45, 7) is 0.280. The van der Waals surface area contributed by atoms with Crippen LogP contribution in [0.4, 0.5) is 8.78 Å². The van der Waals surface area contributed by atoms with Crippen LogP contribution in [0.15, 0.2) is 34.7 Å². The molecule has 2 heterocycles. The fourth-order valence-corrected chi connectivity index (χ4v) is 5.24. The third-order valence-corrected chi connectivity index (χ3v) is 6.50. The maximum absolute atomic E-state index is 13.9. The Morgan fingerprint density at radius 1 is 1.27 bits per heavy atom. The fraction of sp³-hybridized carbons (Fsp3) is 0.357. The summed E-state index contributed by atoms with van der Waals surface area (Å²) in [4.78, 5) is 3.57. The predicted molar refractivity (Wildman–Crippen MR) is 79.0 cm³/mol. The van der Waals surface area contributed by atoms with Gasteiger partial charge in [-0.15, -0.1) is 11.3 Å². The second-order valence-corrected chi connectivity index (χ2v) is 7.83. The van der Waals surface area contributed by atoms with Crippen LogP contribution in [0.1, 0.15) is 30.3 Å². The summed E-state index contributed by atoms with van der Waals surface area (Å²) in [5, 5.41) is 2.46. The minimum absolute atomic E-state index is 0.280. The maximum atomic E-state index is 13.9. The molecular weight excluding hydrogens is 330 g/mol. The van der Waals surface area contributed by atoms with Crippen LogP contribution < -0.4 is 0 Å². The van der Waals surface area contributed by atoms with Gasteiger partial charge in [0.05, 0.1) is 6.04 Å². The Morgan fingerprint density at radius 2 is 2.09 bits per heavy atom. The van der Waals surface area contributed by atoms with E-state index >= 15 is 0 Å². The molecule has 1 aliphatic heterocycles. The lowest BCUT2D eigenvalue weighted by Gasteiger charge is -2.33. The van der Waals surface area contributed by atoms with E-state index in [2.05, 4.69) is 4.98 Å². The van der Waals surface area contributed by atoms with E-state index < -0.39 is 32.6 Å². The smallest absolute Gasteiger partial charge is 0.246 e. The molecule has 1 aromatic heterocycles. The summed E-state index contributed by atoms with van der Waals surface area (Å²) in [5.74, 6) is -2.49. The molecule has 0 saturated carbocycles. The molecule has 1 saturated heterocycles. The molecule has 2 aromatic rings. The zero-order valence-electron chi connectivity index (χ0n) is 11.6. The summed E-state index contributed by atoms with van der Waals surface area (Å²) in [6, 6.07) is 2.79. The van der Waals surface area contributed by atoms with Gasteiger partial charge in [-0.3, -0.25) is 0 Å². The van der Waals surface area contributed by atoms with Crippen molar-refractivity contribution in [3.63, 3.8) is 0 Å². The van der Waals surface area contributed by atoms with Gasteiger partial charge in [-0.1, -0.05) is 12.5 Å². The summed E-state index contributed by atoms with van der Waals surface area (Å²) in [7, 11) is -4.11. The van der Waals surface area contributed by atoms with Gasteiger partial charge >= 0.3 is 0 Å². The van der Waals surface area contributed by atoms with Crippen molar-refractivity contribution >= 4 is 21.4 Å². The van der Waals surface area contributed by atoms with Crippen LogP contribution in [-0.4, -0.2) is 24.3 Å². The lowest BCUT2D eigenvalue weighted by atomic mass is 10.1. The Hall–Kier alpha value is -1.38. The molecule has 1 aliphatic rings. The van der Waals surface area contributed by atoms with Crippen molar-refractivity contribution in [3.05, 3.63) is 46.4 Å². The van der Waals surface area contributed by atoms with Crippen molar-refractivity contribution in [1.82, 2.24) is 9.29 Å². The molecule has 1 atom stereocenters. The Kier molecular flexibility index (Phi) is 4.24. The van der Waals surface area contributed by atoms with Gasteiger partial charge in [0.15, 0.2) is 11.6 Å². The molecule has 4 nitrogen and oxygen atoms in total. The van der Waals surface area contributed by atoms with Crippen LogP contribution in [0.25, 0.3) is 0 Å². The molecule has 0 spiro atoms. The van der Waals surface area contributed by atoms with Crippen molar-refractivity contribution in [2.45, 2.75) is 30.2 Å². The highest BCUT2D eigenvalue weighted by Gasteiger charge is 2.37. The highest BCUT2D eigenvalue weighted by Crippen LogP contribution is 2.36. The molecule has 0 unspecified atom stereocenters. The summed E-state index contributed by atoms with van der Waals surface area (Å²) in [5.41, 5.74) is 0. The van der Waals surface area contributed by atoms with Crippen LogP contribution >= 0.6 is 11.3 Å². The van der Waals surface area contributed by atoms with Gasteiger partial charge in [0.1, 0.15) is 9.90 Å². The van der Waals surface area contributed by atoms with Crippen LogP contribution in [0, 0.1) is 11.6 Å². The average Bonchev–Trinajstić information content (AvgIpc) is 3.04. The number of hydrogen-bond acceptors (Lipinski definition) is 4. The van der Waals surface area contributed by atoms with E-state index in [9.17, 15) is 17.2 Å². The first kappa shape index (κ1) is 15.5. The number of piperidine rings is 1. The number of rotatable bonds is 3. The number of benzene rings is 1. The monoisotopic (exact) mass is 344 g/mol. The molecule has 1 fully saturated rings. The van der Waals surface area contributed by atoms with Crippen molar-refractivity contribution < 1.29 is 17.2 Å². The molecule has 1 aromatic carbocycles. The number of nitrogens with zero attached hydrogens (tertiary/aromatic N) is 2. The van der Waals surface area contributed by atoms with E-state index in [0.717, 1.165) is 18.6 Å². The van der Waals surface area contributed by atoms with Crippen molar-refractivity contribution in [3.8, 4) is 0 Å². The Morgan fingerprint density at radius 3 is 2.82 bits per heavy atom. The van der Waals surface area contributed by atoms with E-state index in [1.165, 1.54) is 21.7 Å². The highest BCUT2D eigenvalue weighted by atomic mass is 32.2. The number of halogens is 2. The zero-order chi connectivity index (χ0) is 15.7. The second kappa shape index (κ2) is 6.02. The molecule has 0 radical (unpaired) electrons. The Balaban J connectivity index is 2.04. The zero-order valence-corrected chi connectivity index (χ0v) is 13.2. The normalized spacial score (nSPS) is 20.2. The second-order valence-electron chi connectivity index (χ2n) is 5.05. The minimum atomic E-state index is -4.11. The molecule has 0 bridgehead atoms. The number of thiazole rings is 1. The molecule has 22 heavy (non-hydrogen) atoms. The van der Waals surface area contributed by atoms with Gasteiger partial charge in [0.2, 0.25) is 10.0 Å². The highest BCUT2D eigenvalue weighted by molar-refractivity contribution is 7.89. The van der Waals surface area contributed by atoms with Crippen molar-refractivity contribution in [2.75, 3.05) is 6.54 Å². The van der Waals surface area contributed by atoms with E-state index in [-0.39, 0.29) is 6.54 Å². The summed E-state index contributed by atoms with van der Waals surface area (Å²) < 4.78 is 54.1. The minimum Gasteiger partial charge on any atom is -0.248 e.